The second kappa shape index (κ2) is 2.27. The van der Waals surface area contributed by atoms with Crippen LogP contribution in [0.5, 0.6) is 0 Å². The molecule has 0 N–H and O–H groups in total. The summed E-state index contributed by atoms with van der Waals surface area (Å²) in [6, 6.07) is 0. The van der Waals surface area contributed by atoms with Crippen LogP contribution in [0.25, 0.3) is 0 Å². The number of alkyl halides is 1. The van der Waals surface area contributed by atoms with E-state index in [1.54, 1.807) is 9.24 Å². The summed E-state index contributed by atoms with van der Waals surface area (Å²) in [4.78, 5) is 19.3. The minimum Gasteiger partial charge on any atom is -0.265 e. The van der Waals surface area contributed by atoms with Crippen LogP contribution in [0.3, 0.4) is 0 Å². The maximum Gasteiger partial charge on any atom is 0.326 e. The van der Waals surface area contributed by atoms with Gasteiger partial charge in [-0.15, -0.1) is 4.91 Å². The summed E-state index contributed by atoms with van der Waals surface area (Å²) in [5, 5.41) is -0.318. The van der Waals surface area contributed by atoms with E-state index in [-0.39, 0.29) is 0 Å². The summed E-state index contributed by atoms with van der Waals surface area (Å²) in [7, 11) is 1.57. The molecule has 0 aliphatic rings. The number of amides is 1. The largest absolute Gasteiger partial charge is 0.326 e. The lowest BCUT2D eigenvalue weighted by atomic mass is 10.4. The molecule has 3 nitrogen and oxygen atoms in total. The number of halogens is 1. The number of hydrogen-bond acceptors (Lipinski definition) is 2. The van der Waals surface area contributed by atoms with Crippen molar-refractivity contribution in [3.8, 4) is 0 Å². The van der Waals surface area contributed by atoms with E-state index in [1.807, 2.05) is 5.18 Å². The molecule has 0 aromatic rings. The van der Waals surface area contributed by atoms with Gasteiger partial charge in [0, 0.05) is 5.18 Å². The Morgan fingerprint density at radius 1 is 1.88 bits per heavy atom. The van der Waals surface area contributed by atoms with E-state index >= 15 is 0 Å². The fourth-order valence-corrected chi connectivity index (χ4v) is 0.142. The topological polar surface area (TPSA) is 46.5 Å². The Morgan fingerprint density at radius 3 is 2.25 bits per heavy atom. The van der Waals surface area contributed by atoms with Crippen molar-refractivity contribution in [3.05, 3.63) is 4.91 Å². The van der Waals surface area contributed by atoms with E-state index in [0.29, 0.717) is 0 Å². The molecule has 0 fully saturated rings. The number of carbonyl (C=O) groups is 1. The van der Waals surface area contributed by atoms with Crippen molar-refractivity contribution >= 4 is 15.1 Å². The van der Waals surface area contributed by atoms with Crippen molar-refractivity contribution in [2.24, 2.45) is 5.18 Å². The molecule has 0 bridgehead atoms. The van der Waals surface area contributed by atoms with Crippen molar-refractivity contribution in [2.75, 3.05) is 0 Å². The fraction of sp³-hybridized carbons (Fsp3) is 0.667. The van der Waals surface area contributed by atoms with Gasteiger partial charge < -0.3 is 0 Å². The van der Waals surface area contributed by atoms with Crippen LogP contribution in [0, 0.1) is 4.91 Å². The van der Waals surface area contributed by atoms with Crippen molar-refractivity contribution in [2.45, 2.75) is 12.3 Å². The fourth-order valence-electron chi connectivity index (χ4n) is 0.0892. The second-order valence-electron chi connectivity index (χ2n) is 1.47. The molecule has 0 spiro atoms. The number of nitroso groups, excluding NO2 is 1. The Labute approximate surface area is 47.8 Å². The van der Waals surface area contributed by atoms with Crippen molar-refractivity contribution in [1.29, 1.82) is 0 Å². The summed E-state index contributed by atoms with van der Waals surface area (Å²) in [6.45, 7) is 0.946. The highest BCUT2D eigenvalue weighted by atomic mass is 31.0. The van der Waals surface area contributed by atoms with E-state index in [0.717, 1.165) is 6.92 Å². The van der Waals surface area contributed by atoms with Gasteiger partial charge in [0.25, 0.3) is 0 Å². The molecule has 0 aliphatic carbocycles. The Hall–Kier alpha value is -0.370. The normalized spacial score (nSPS) is 16.9. The number of rotatable bonds is 1. The Balaban J connectivity index is 4.02. The number of hydrogen-bond donors (Lipinski definition) is 0. The molecule has 0 saturated heterocycles. The van der Waals surface area contributed by atoms with Crippen LogP contribution in [-0.2, 0) is 4.79 Å². The molecule has 2 atom stereocenters. The van der Waals surface area contributed by atoms with Crippen LogP contribution in [0.1, 0.15) is 6.92 Å². The van der Waals surface area contributed by atoms with Gasteiger partial charge in [0.1, 0.15) is 0 Å². The van der Waals surface area contributed by atoms with Gasteiger partial charge >= 0.3 is 5.91 Å². The molecule has 0 aromatic carbocycles. The lowest BCUT2D eigenvalue weighted by molar-refractivity contribution is -0.123. The molecule has 0 saturated carbocycles. The summed E-state index contributed by atoms with van der Waals surface area (Å²) >= 11 is 0. The summed E-state index contributed by atoms with van der Waals surface area (Å²) in [6.07, 6.45) is 0. The summed E-state index contributed by atoms with van der Waals surface area (Å²) in [5.41, 5.74) is 0. The minimum absolute atomic E-state index is 0.946. The van der Waals surface area contributed by atoms with Crippen molar-refractivity contribution < 1.29 is 9.18 Å². The zero-order valence-electron chi connectivity index (χ0n) is 4.22. The standard InChI is InChI=1S/C3H5FNO2P/c1-3(4,8)2(6)5-7/h8H2,1H3. The quantitative estimate of drug-likeness (QED) is 0.397. The highest BCUT2D eigenvalue weighted by molar-refractivity contribution is 7.20. The molecule has 0 rings (SSSR count). The van der Waals surface area contributed by atoms with Crippen molar-refractivity contribution in [1.82, 2.24) is 0 Å². The first-order valence-corrected chi connectivity index (χ1v) is 2.42. The molecule has 0 aromatic heterocycles. The lowest BCUT2D eigenvalue weighted by Crippen LogP contribution is -2.18. The van der Waals surface area contributed by atoms with Crippen LogP contribution >= 0.6 is 9.24 Å². The monoisotopic (exact) mass is 137 g/mol. The first-order chi connectivity index (χ1) is 3.48. The molecule has 2 unspecified atom stereocenters. The molecule has 0 aliphatic heterocycles. The molecule has 0 heterocycles. The third-order valence-corrected chi connectivity index (χ3v) is 0.748. The highest BCUT2D eigenvalue weighted by Gasteiger charge is 2.27. The summed E-state index contributed by atoms with van der Waals surface area (Å²) in [5.74, 6) is -1.30. The third-order valence-electron chi connectivity index (χ3n) is 0.501. The molecule has 0 radical (unpaired) electrons. The predicted octanol–water partition coefficient (Wildman–Crippen LogP) is 0.840. The SMILES string of the molecule is CC(F)(P)C(=O)N=O. The van der Waals surface area contributed by atoms with Crippen LogP contribution in [0.15, 0.2) is 5.18 Å². The zero-order valence-corrected chi connectivity index (χ0v) is 5.37. The molecular weight excluding hydrogens is 132 g/mol. The first kappa shape index (κ1) is 7.63. The third kappa shape index (κ3) is 2.07. The average Bonchev–Trinajstić information content (AvgIpc) is 1.62. The van der Waals surface area contributed by atoms with Crippen LogP contribution in [0.4, 0.5) is 4.39 Å². The van der Waals surface area contributed by atoms with E-state index in [4.69, 9.17) is 0 Å². The number of nitrogens with zero attached hydrogens (tertiary/aromatic N) is 1. The smallest absolute Gasteiger partial charge is 0.265 e. The van der Waals surface area contributed by atoms with E-state index in [2.05, 4.69) is 0 Å². The van der Waals surface area contributed by atoms with Gasteiger partial charge in [0.2, 0.25) is 5.41 Å². The Kier molecular flexibility index (Phi) is 2.16. The van der Waals surface area contributed by atoms with Gasteiger partial charge in [-0.2, -0.15) is 0 Å². The van der Waals surface area contributed by atoms with Crippen LogP contribution in [-0.4, -0.2) is 11.3 Å². The zero-order chi connectivity index (χ0) is 6.78. The lowest BCUT2D eigenvalue weighted by Gasteiger charge is -2.03. The molecule has 46 valence electrons. The summed E-state index contributed by atoms with van der Waals surface area (Å²) < 4.78 is 12.1. The average molecular weight is 137 g/mol. The molecule has 1 amide bonds. The van der Waals surface area contributed by atoms with Gasteiger partial charge in [0.15, 0.2) is 0 Å². The second-order valence-corrected chi connectivity index (χ2v) is 2.56. The predicted molar refractivity (Wildman–Crippen MR) is 30.0 cm³/mol. The molecule has 5 heteroatoms. The maximum atomic E-state index is 12.1. The van der Waals surface area contributed by atoms with Gasteiger partial charge in [-0.1, -0.05) is 9.24 Å². The number of carbonyl (C=O) groups excluding carboxylic acids is 1. The van der Waals surface area contributed by atoms with Gasteiger partial charge in [-0.3, -0.25) is 4.79 Å². The Morgan fingerprint density at radius 2 is 2.25 bits per heavy atom. The van der Waals surface area contributed by atoms with E-state index < -0.39 is 11.3 Å². The minimum atomic E-state index is -2.19. The molecule has 8 heavy (non-hydrogen) atoms. The van der Waals surface area contributed by atoms with Gasteiger partial charge in [0.05, 0.1) is 0 Å². The van der Waals surface area contributed by atoms with Crippen LogP contribution in [0.2, 0.25) is 0 Å². The van der Waals surface area contributed by atoms with Gasteiger partial charge in [-0.05, 0) is 6.92 Å². The van der Waals surface area contributed by atoms with E-state index in [9.17, 15) is 14.1 Å². The Bertz CT molecular complexity index is 119. The first-order valence-electron chi connectivity index (χ1n) is 1.84. The van der Waals surface area contributed by atoms with Gasteiger partial charge in [-0.25, -0.2) is 4.39 Å². The van der Waals surface area contributed by atoms with Crippen molar-refractivity contribution in [3.63, 3.8) is 0 Å². The highest BCUT2D eigenvalue weighted by Crippen LogP contribution is 2.19. The maximum absolute atomic E-state index is 12.1. The molecular formula is C3H5FNO2P. The van der Waals surface area contributed by atoms with Crippen LogP contribution < -0.4 is 0 Å². The van der Waals surface area contributed by atoms with E-state index in [1.165, 1.54) is 0 Å².